The van der Waals surface area contributed by atoms with Gasteiger partial charge in [0.25, 0.3) is 5.91 Å². The number of carbonyl (C=O) groups excluding carboxylic acids is 2. The van der Waals surface area contributed by atoms with Gasteiger partial charge in [-0.2, -0.15) is 8.78 Å². The number of rotatable bonds is 9. The van der Waals surface area contributed by atoms with Crippen LogP contribution in [0.4, 0.5) is 8.78 Å². The fourth-order valence-electron chi connectivity index (χ4n) is 2.32. The van der Waals surface area contributed by atoms with Crippen LogP contribution in [0.3, 0.4) is 0 Å². The smallest absolute Gasteiger partial charge is 0.387 e. The monoisotopic (exact) mass is 393 g/mol. The normalized spacial score (nSPS) is 11.6. The van der Waals surface area contributed by atoms with Gasteiger partial charge in [0.1, 0.15) is 11.5 Å². The van der Waals surface area contributed by atoms with Crippen molar-refractivity contribution in [3.63, 3.8) is 0 Å². The minimum atomic E-state index is -2.94. The van der Waals surface area contributed by atoms with E-state index in [0.717, 1.165) is 11.3 Å². The van der Waals surface area contributed by atoms with Gasteiger partial charge < -0.3 is 19.5 Å². The second-order valence-corrected chi connectivity index (χ2v) is 5.84. The van der Waals surface area contributed by atoms with Crippen LogP contribution in [0.1, 0.15) is 22.8 Å². The molecular formula is C20H21F2NO5. The Hall–Kier alpha value is -3.16. The molecule has 0 aromatic heterocycles. The maximum Gasteiger partial charge on any atom is 0.387 e. The molecule has 1 amide bonds. The zero-order chi connectivity index (χ0) is 20.5. The lowest BCUT2D eigenvalue weighted by atomic mass is 10.1. The van der Waals surface area contributed by atoms with Crippen LogP contribution in [0.5, 0.6) is 11.5 Å². The van der Waals surface area contributed by atoms with E-state index < -0.39 is 24.6 Å². The summed E-state index contributed by atoms with van der Waals surface area (Å²) in [6.45, 7) is -1.11. The van der Waals surface area contributed by atoms with E-state index >= 15 is 0 Å². The summed E-state index contributed by atoms with van der Waals surface area (Å²) in [5.41, 5.74) is 1.15. The summed E-state index contributed by atoms with van der Waals surface area (Å²) in [7, 11) is 1.59. The van der Waals surface area contributed by atoms with E-state index in [1.165, 1.54) is 31.2 Å². The van der Waals surface area contributed by atoms with E-state index in [2.05, 4.69) is 10.1 Å². The van der Waals surface area contributed by atoms with Gasteiger partial charge >= 0.3 is 12.6 Å². The number of halogens is 2. The number of methoxy groups -OCH3 is 1. The van der Waals surface area contributed by atoms with Crippen LogP contribution >= 0.6 is 0 Å². The number of hydrogen-bond acceptors (Lipinski definition) is 5. The van der Waals surface area contributed by atoms with Crippen molar-refractivity contribution in [2.75, 3.05) is 13.7 Å². The standard InChI is InChI=1S/C20H21F2NO5/c1-13(18(24)23-12-11-14-3-7-16(26-2)8-4-14)27-19(25)15-5-9-17(10-6-15)28-20(21)22/h3-10,13,20H,11-12H2,1-2H3,(H,23,24)/t13-/m1/s1. The number of hydrogen-bond donors (Lipinski definition) is 1. The highest BCUT2D eigenvalue weighted by Crippen LogP contribution is 2.16. The van der Waals surface area contributed by atoms with Crippen LogP contribution < -0.4 is 14.8 Å². The van der Waals surface area contributed by atoms with Gasteiger partial charge in [-0.3, -0.25) is 4.79 Å². The molecule has 0 aliphatic heterocycles. The molecule has 2 aromatic rings. The summed E-state index contributed by atoms with van der Waals surface area (Å²) in [6, 6.07) is 12.5. The van der Waals surface area contributed by atoms with Crippen LogP contribution in [0, 0.1) is 0 Å². The lowest BCUT2D eigenvalue weighted by Gasteiger charge is -2.14. The Bertz CT molecular complexity index is 778. The van der Waals surface area contributed by atoms with Crippen LogP contribution in [-0.2, 0) is 16.0 Å². The van der Waals surface area contributed by atoms with Crippen LogP contribution in [-0.4, -0.2) is 38.2 Å². The molecule has 1 N–H and O–H groups in total. The Labute approximate surface area is 161 Å². The zero-order valence-corrected chi connectivity index (χ0v) is 15.5. The van der Waals surface area contributed by atoms with E-state index in [9.17, 15) is 18.4 Å². The molecule has 8 heteroatoms. The summed E-state index contributed by atoms with van der Waals surface area (Å²) in [5, 5.41) is 2.70. The van der Waals surface area contributed by atoms with Crippen molar-refractivity contribution < 1.29 is 32.6 Å². The van der Waals surface area contributed by atoms with E-state index in [1.807, 2.05) is 24.3 Å². The average molecular weight is 393 g/mol. The van der Waals surface area contributed by atoms with Gasteiger partial charge in [-0.25, -0.2) is 4.79 Å². The van der Waals surface area contributed by atoms with E-state index in [0.29, 0.717) is 13.0 Å². The molecule has 0 unspecified atom stereocenters. The van der Waals surface area contributed by atoms with Crippen LogP contribution in [0.2, 0.25) is 0 Å². The summed E-state index contributed by atoms with van der Waals surface area (Å²) in [4.78, 5) is 24.1. The SMILES string of the molecule is COc1ccc(CCNC(=O)[C@@H](C)OC(=O)c2ccc(OC(F)F)cc2)cc1. The largest absolute Gasteiger partial charge is 0.497 e. The first-order chi connectivity index (χ1) is 13.4. The summed E-state index contributed by atoms with van der Waals surface area (Å²) < 4.78 is 38.6. The lowest BCUT2D eigenvalue weighted by molar-refractivity contribution is -0.129. The molecule has 0 bridgehead atoms. The topological polar surface area (TPSA) is 73.9 Å². The third-order valence-electron chi connectivity index (χ3n) is 3.84. The molecule has 1 atom stereocenters. The molecule has 0 aliphatic carbocycles. The molecule has 0 spiro atoms. The molecule has 0 saturated heterocycles. The van der Waals surface area contributed by atoms with Crippen LogP contribution in [0.25, 0.3) is 0 Å². The van der Waals surface area contributed by atoms with Crippen molar-refractivity contribution in [3.8, 4) is 11.5 Å². The average Bonchev–Trinajstić information content (AvgIpc) is 2.68. The molecular weight excluding hydrogens is 372 g/mol. The fourth-order valence-corrected chi connectivity index (χ4v) is 2.32. The highest BCUT2D eigenvalue weighted by molar-refractivity contribution is 5.92. The van der Waals surface area contributed by atoms with Gasteiger partial charge in [-0.1, -0.05) is 12.1 Å². The van der Waals surface area contributed by atoms with Gasteiger partial charge in [0.15, 0.2) is 6.10 Å². The predicted octanol–water partition coefficient (Wildman–Crippen LogP) is 3.20. The first-order valence-electron chi connectivity index (χ1n) is 8.55. The number of carbonyl (C=O) groups is 2. The molecule has 0 heterocycles. The second-order valence-electron chi connectivity index (χ2n) is 5.84. The van der Waals surface area contributed by atoms with Gasteiger partial charge in [-0.05, 0) is 55.3 Å². The molecule has 28 heavy (non-hydrogen) atoms. The fraction of sp³-hybridized carbons (Fsp3) is 0.300. The molecule has 0 saturated carbocycles. The number of amides is 1. The van der Waals surface area contributed by atoms with Crippen molar-refractivity contribution in [1.82, 2.24) is 5.32 Å². The Morgan fingerprint density at radius 1 is 1.00 bits per heavy atom. The molecule has 2 rings (SSSR count). The van der Waals surface area contributed by atoms with Gasteiger partial charge in [0.2, 0.25) is 0 Å². The maximum atomic E-state index is 12.1. The molecule has 0 radical (unpaired) electrons. The molecule has 6 nitrogen and oxygen atoms in total. The Morgan fingerprint density at radius 2 is 1.61 bits per heavy atom. The zero-order valence-electron chi connectivity index (χ0n) is 15.5. The molecule has 2 aromatic carbocycles. The number of esters is 1. The summed E-state index contributed by atoms with van der Waals surface area (Å²) in [6.07, 6.45) is -0.387. The predicted molar refractivity (Wildman–Crippen MR) is 97.7 cm³/mol. The third kappa shape index (κ3) is 6.53. The summed E-state index contributed by atoms with van der Waals surface area (Å²) >= 11 is 0. The van der Waals surface area contributed by atoms with Gasteiger partial charge in [0.05, 0.1) is 12.7 Å². The molecule has 0 fully saturated rings. The minimum absolute atomic E-state index is 0.0733. The first kappa shape index (κ1) is 21.1. The summed E-state index contributed by atoms with van der Waals surface area (Å²) in [5.74, 6) is -0.487. The van der Waals surface area contributed by atoms with Crippen LogP contribution in [0.15, 0.2) is 48.5 Å². The van der Waals surface area contributed by atoms with E-state index in [1.54, 1.807) is 7.11 Å². The Balaban J connectivity index is 1.78. The van der Waals surface area contributed by atoms with Crippen molar-refractivity contribution in [1.29, 1.82) is 0 Å². The Morgan fingerprint density at radius 3 is 2.18 bits per heavy atom. The number of benzene rings is 2. The molecule has 150 valence electrons. The maximum absolute atomic E-state index is 12.1. The van der Waals surface area contributed by atoms with Crippen molar-refractivity contribution in [3.05, 3.63) is 59.7 Å². The minimum Gasteiger partial charge on any atom is -0.497 e. The lowest BCUT2D eigenvalue weighted by Crippen LogP contribution is -2.36. The van der Waals surface area contributed by atoms with Gasteiger partial charge in [-0.15, -0.1) is 0 Å². The number of alkyl halides is 2. The van der Waals surface area contributed by atoms with E-state index in [-0.39, 0.29) is 11.3 Å². The number of nitrogens with one attached hydrogen (secondary N) is 1. The van der Waals surface area contributed by atoms with Gasteiger partial charge in [0, 0.05) is 6.54 Å². The highest BCUT2D eigenvalue weighted by Gasteiger charge is 2.18. The third-order valence-corrected chi connectivity index (χ3v) is 3.84. The second kappa shape index (κ2) is 10.2. The van der Waals surface area contributed by atoms with Crippen molar-refractivity contribution in [2.45, 2.75) is 26.1 Å². The van der Waals surface area contributed by atoms with Crippen molar-refractivity contribution in [2.24, 2.45) is 0 Å². The highest BCUT2D eigenvalue weighted by atomic mass is 19.3. The van der Waals surface area contributed by atoms with E-state index in [4.69, 9.17) is 9.47 Å². The Kier molecular flexibility index (Phi) is 7.74. The van der Waals surface area contributed by atoms with Crippen molar-refractivity contribution >= 4 is 11.9 Å². The first-order valence-corrected chi connectivity index (χ1v) is 8.55. The molecule has 0 aliphatic rings. The number of ether oxygens (including phenoxy) is 3. The quantitative estimate of drug-likeness (QED) is 0.663.